The Bertz CT molecular complexity index is 1010. The number of hydrazone groups is 1. The number of benzene rings is 2. The Labute approximate surface area is 176 Å². The lowest BCUT2D eigenvalue weighted by Gasteiger charge is -2.27. The zero-order valence-corrected chi connectivity index (χ0v) is 17.6. The van der Waals surface area contributed by atoms with Crippen LogP contribution in [0.5, 0.6) is 5.75 Å². The molecular weight excluding hydrogens is 378 g/mol. The number of aryl methyl sites for hydroxylation is 2. The lowest BCUT2D eigenvalue weighted by Crippen LogP contribution is -2.36. The highest BCUT2D eigenvalue weighted by Gasteiger charge is 2.24. The highest BCUT2D eigenvalue weighted by atomic mass is 16.5. The van der Waals surface area contributed by atoms with Crippen molar-refractivity contribution in [2.24, 2.45) is 15.8 Å². The molecule has 156 valence electrons. The number of nitrogens with one attached hydrogen (secondary N) is 1. The van der Waals surface area contributed by atoms with Crippen LogP contribution < -0.4 is 15.8 Å². The van der Waals surface area contributed by atoms with Gasteiger partial charge in [0.15, 0.2) is 0 Å². The standard InChI is InChI=1S/C23H27N5O2/c1-15-8-10-18(11-9-15)12-13-21(29)25-14-16(2)27-28-17(3)19-6-5-7-20(30-4)22(19)26-23(28)24/h5-11H,3,12-14H2,1-2,4H3,(H2,24,26)(H,25,29)/b27-16+. The maximum atomic E-state index is 12.2. The number of rotatable bonds is 7. The highest BCUT2D eigenvalue weighted by molar-refractivity contribution is 5.98. The largest absolute Gasteiger partial charge is 0.494 e. The first kappa shape index (κ1) is 21.1. The Kier molecular flexibility index (Phi) is 6.51. The number of methoxy groups -OCH3 is 1. The molecule has 30 heavy (non-hydrogen) atoms. The van der Waals surface area contributed by atoms with E-state index in [0.717, 1.165) is 11.1 Å². The van der Waals surface area contributed by atoms with E-state index in [1.807, 2.05) is 44.2 Å². The van der Waals surface area contributed by atoms with Gasteiger partial charge in [-0.2, -0.15) is 5.10 Å². The predicted octanol–water partition coefficient (Wildman–Crippen LogP) is 3.36. The van der Waals surface area contributed by atoms with Crippen molar-refractivity contribution in [3.63, 3.8) is 0 Å². The average molecular weight is 406 g/mol. The number of carbonyl (C=O) groups excluding carboxylic acids is 1. The van der Waals surface area contributed by atoms with Crippen LogP contribution >= 0.6 is 0 Å². The van der Waals surface area contributed by atoms with Crippen molar-refractivity contribution in [3.8, 4) is 5.75 Å². The van der Waals surface area contributed by atoms with Crippen LogP contribution in [0.3, 0.4) is 0 Å². The number of amides is 1. The van der Waals surface area contributed by atoms with Gasteiger partial charge in [0.2, 0.25) is 11.9 Å². The molecule has 3 rings (SSSR count). The third kappa shape index (κ3) is 4.86. The molecule has 1 heterocycles. The van der Waals surface area contributed by atoms with Gasteiger partial charge in [-0.1, -0.05) is 48.5 Å². The van der Waals surface area contributed by atoms with Crippen LogP contribution in [-0.2, 0) is 11.2 Å². The zero-order chi connectivity index (χ0) is 21.7. The smallest absolute Gasteiger partial charge is 0.222 e. The first-order valence-corrected chi connectivity index (χ1v) is 9.76. The predicted molar refractivity (Wildman–Crippen MR) is 121 cm³/mol. The lowest BCUT2D eigenvalue weighted by molar-refractivity contribution is -0.120. The number of nitrogens with two attached hydrogens (primary N) is 1. The van der Waals surface area contributed by atoms with E-state index in [1.165, 1.54) is 10.6 Å². The first-order valence-electron chi connectivity index (χ1n) is 9.76. The van der Waals surface area contributed by atoms with Crippen molar-refractivity contribution < 1.29 is 9.53 Å². The Morgan fingerprint density at radius 1 is 1.27 bits per heavy atom. The van der Waals surface area contributed by atoms with Gasteiger partial charge in [-0.25, -0.2) is 10.0 Å². The quantitative estimate of drug-likeness (QED) is 0.691. The summed E-state index contributed by atoms with van der Waals surface area (Å²) < 4.78 is 5.35. The summed E-state index contributed by atoms with van der Waals surface area (Å²) >= 11 is 0. The molecule has 0 atom stereocenters. The topological polar surface area (TPSA) is 92.3 Å². The van der Waals surface area contributed by atoms with Gasteiger partial charge in [0.1, 0.15) is 11.4 Å². The molecule has 0 fully saturated rings. The zero-order valence-electron chi connectivity index (χ0n) is 17.6. The maximum absolute atomic E-state index is 12.2. The SMILES string of the molecule is C=C1c2cccc(OC)c2N=C(N)N1/N=C(\C)CNC(=O)CCc1ccc(C)cc1. The number of para-hydroxylation sites is 1. The van der Waals surface area contributed by atoms with Crippen molar-refractivity contribution in [2.45, 2.75) is 26.7 Å². The molecule has 0 aliphatic carbocycles. The minimum Gasteiger partial charge on any atom is -0.494 e. The van der Waals surface area contributed by atoms with E-state index in [4.69, 9.17) is 10.5 Å². The van der Waals surface area contributed by atoms with Gasteiger partial charge < -0.3 is 15.8 Å². The van der Waals surface area contributed by atoms with Crippen molar-refractivity contribution in [3.05, 3.63) is 65.7 Å². The van der Waals surface area contributed by atoms with E-state index in [0.29, 0.717) is 42.2 Å². The van der Waals surface area contributed by atoms with E-state index >= 15 is 0 Å². The van der Waals surface area contributed by atoms with Crippen molar-refractivity contribution >= 4 is 29.0 Å². The molecule has 0 bridgehead atoms. The van der Waals surface area contributed by atoms with Crippen LogP contribution in [0.15, 0.2) is 59.1 Å². The third-order valence-corrected chi connectivity index (χ3v) is 4.80. The molecule has 0 aromatic heterocycles. The minimum absolute atomic E-state index is 0.0284. The Hall–Kier alpha value is -3.61. The summed E-state index contributed by atoms with van der Waals surface area (Å²) in [6.07, 6.45) is 1.12. The molecule has 1 aliphatic rings. The monoisotopic (exact) mass is 405 g/mol. The molecule has 0 unspecified atom stereocenters. The summed E-state index contributed by atoms with van der Waals surface area (Å²) in [6.45, 7) is 8.27. The number of aliphatic imine (C=N–C) groups is 1. The van der Waals surface area contributed by atoms with Gasteiger partial charge in [0.25, 0.3) is 0 Å². The Morgan fingerprint density at radius 3 is 2.70 bits per heavy atom. The summed E-state index contributed by atoms with van der Waals surface area (Å²) in [5.41, 5.74) is 11.2. The summed E-state index contributed by atoms with van der Waals surface area (Å²) in [5, 5.41) is 8.87. The molecule has 7 nitrogen and oxygen atoms in total. The summed E-state index contributed by atoms with van der Waals surface area (Å²) in [6, 6.07) is 13.8. The van der Waals surface area contributed by atoms with Crippen LogP contribution in [0.4, 0.5) is 5.69 Å². The van der Waals surface area contributed by atoms with E-state index in [2.05, 4.69) is 34.1 Å². The van der Waals surface area contributed by atoms with Gasteiger partial charge >= 0.3 is 0 Å². The number of nitrogens with zero attached hydrogens (tertiary/aromatic N) is 3. The van der Waals surface area contributed by atoms with Crippen LogP contribution in [0.2, 0.25) is 0 Å². The molecule has 0 saturated carbocycles. The van der Waals surface area contributed by atoms with Gasteiger partial charge in [0.05, 0.1) is 25.1 Å². The number of hydrogen-bond acceptors (Lipinski definition) is 6. The fourth-order valence-corrected chi connectivity index (χ4v) is 3.09. The van der Waals surface area contributed by atoms with Crippen molar-refractivity contribution in [1.82, 2.24) is 10.3 Å². The van der Waals surface area contributed by atoms with Crippen LogP contribution in [0.25, 0.3) is 5.70 Å². The molecule has 0 saturated heterocycles. The van der Waals surface area contributed by atoms with Gasteiger partial charge in [0, 0.05) is 12.0 Å². The summed E-state index contributed by atoms with van der Waals surface area (Å²) in [7, 11) is 1.58. The fourth-order valence-electron chi connectivity index (χ4n) is 3.09. The summed E-state index contributed by atoms with van der Waals surface area (Å²) in [4.78, 5) is 16.6. The molecule has 7 heteroatoms. The highest BCUT2D eigenvalue weighted by Crippen LogP contribution is 2.39. The second kappa shape index (κ2) is 9.26. The second-order valence-electron chi connectivity index (χ2n) is 7.18. The van der Waals surface area contributed by atoms with Crippen LogP contribution in [0, 0.1) is 6.92 Å². The van der Waals surface area contributed by atoms with E-state index in [1.54, 1.807) is 7.11 Å². The summed E-state index contributed by atoms with van der Waals surface area (Å²) in [5.74, 6) is 0.791. The molecule has 0 radical (unpaired) electrons. The van der Waals surface area contributed by atoms with Gasteiger partial charge in [-0.05, 0) is 31.9 Å². The first-order chi connectivity index (χ1) is 14.4. The lowest BCUT2D eigenvalue weighted by atomic mass is 10.1. The van der Waals surface area contributed by atoms with Crippen molar-refractivity contribution in [1.29, 1.82) is 0 Å². The number of hydrogen-bond donors (Lipinski definition) is 2. The van der Waals surface area contributed by atoms with Crippen molar-refractivity contribution in [2.75, 3.05) is 13.7 Å². The molecule has 2 aromatic rings. The number of ether oxygens (including phenoxy) is 1. The minimum atomic E-state index is -0.0284. The second-order valence-corrected chi connectivity index (χ2v) is 7.18. The number of carbonyl (C=O) groups is 1. The molecule has 1 amide bonds. The molecule has 1 aliphatic heterocycles. The number of guanidine groups is 1. The molecule has 3 N–H and O–H groups in total. The average Bonchev–Trinajstić information content (AvgIpc) is 2.74. The normalized spacial score (nSPS) is 13.6. The van der Waals surface area contributed by atoms with E-state index in [-0.39, 0.29) is 11.9 Å². The molecular formula is C23H27N5O2. The Morgan fingerprint density at radius 2 is 2.00 bits per heavy atom. The van der Waals surface area contributed by atoms with E-state index in [9.17, 15) is 4.79 Å². The van der Waals surface area contributed by atoms with Gasteiger partial charge in [-0.15, -0.1) is 0 Å². The van der Waals surface area contributed by atoms with Gasteiger partial charge in [-0.3, -0.25) is 4.79 Å². The van der Waals surface area contributed by atoms with Crippen LogP contribution in [0.1, 0.15) is 30.0 Å². The third-order valence-electron chi connectivity index (χ3n) is 4.80. The van der Waals surface area contributed by atoms with Crippen LogP contribution in [-0.4, -0.2) is 36.2 Å². The Balaban J connectivity index is 1.59. The number of fused-ring (bicyclic) bond motifs is 1. The van der Waals surface area contributed by atoms with E-state index < -0.39 is 0 Å². The molecule has 0 spiro atoms. The maximum Gasteiger partial charge on any atom is 0.222 e. The molecule has 2 aromatic carbocycles. The fraction of sp³-hybridized carbons (Fsp3) is 0.261.